The predicted molar refractivity (Wildman–Crippen MR) is 84.7 cm³/mol. The van der Waals surface area contributed by atoms with E-state index in [-0.39, 0.29) is 6.04 Å². The Morgan fingerprint density at radius 3 is 2.86 bits per heavy atom. The first-order valence-corrected chi connectivity index (χ1v) is 7.54. The highest BCUT2D eigenvalue weighted by Crippen LogP contribution is 2.24. The molecule has 0 saturated heterocycles. The number of alkyl halides is 1. The molecule has 1 atom stereocenters. The number of aryl methyl sites for hydroxylation is 2. The topological polar surface area (TPSA) is 43.6 Å². The lowest BCUT2D eigenvalue weighted by molar-refractivity contribution is 0.603. The number of hydrogen-bond donors (Lipinski definition) is 0. The first-order valence-electron chi connectivity index (χ1n) is 7.01. The maximum atomic E-state index is 5.93. The molecule has 0 aliphatic rings. The van der Waals surface area contributed by atoms with E-state index in [1.165, 1.54) is 0 Å². The van der Waals surface area contributed by atoms with Gasteiger partial charge in [-0.05, 0) is 37.6 Å². The molecule has 3 rings (SSSR count). The van der Waals surface area contributed by atoms with Gasteiger partial charge in [0.1, 0.15) is 11.3 Å². The maximum Gasteiger partial charge on any atom is 0.160 e. The Morgan fingerprint density at radius 2 is 2.14 bits per heavy atom. The quantitative estimate of drug-likeness (QED) is 0.692. The Hall–Kier alpha value is -1.94. The Kier molecular flexibility index (Phi) is 3.88. The zero-order valence-corrected chi connectivity index (χ0v) is 12.9. The number of fused-ring (bicyclic) bond motifs is 1. The van der Waals surface area contributed by atoms with Crippen molar-refractivity contribution in [2.45, 2.75) is 26.3 Å². The van der Waals surface area contributed by atoms with Crippen LogP contribution >= 0.6 is 11.6 Å². The van der Waals surface area contributed by atoms with E-state index in [9.17, 15) is 0 Å². The normalized spacial score (nSPS) is 12.7. The number of pyridine rings is 2. The van der Waals surface area contributed by atoms with Crippen molar-refractivity contribution in [3.05, 3.63) is 53.7 Å². The summed E-state index contributed by atoms with van der Waals surface area (Å²) in [4.78, 5) is 13.7. The molecule has 4 nitrogen and oxygen atoms in total. The minimum absolute atomic E-state index is 0.0737. The number of imidazole rings is 1. The third-order valence-electron chi connectivity index (χ3n) is 3.56. The molecule has 3 heterocycles. The molecule has 108 valence electrons. The largest absolute Gasteiger partial charge is 0.304 e. The second-order valence-corrected chi connectivity index (χ2v) is 5.50. The molecule has 0 N–H and O–H groups in total. The first-order chi connectivity index (χ1) is 10.2. The summed E-state index contributed by atoms with van der Waals surface area (Å²) < 4.78 is 2.14. The van der Waals surface area contributed by atoms with Crippen LogP contribution < -0.4 is 0 Å². The van der Waals surface area contributed by atoms with Crippen LogP contribution in [0.1, 0.15) is 30.0 Å². The molecule has 0 aliphatic carbocycles. The van der Waals surface area contributed by atoms with Gasteiger partial charge in [0.25, 0.3) is 0 Å². The van der Waals surface area contributed by atoms with E-state index in [0.29, 0.717) is 12.3 Å². The van der Waals surface area contributed by atoms with E-state index in [1.54, 1.807) is 0 Å². The summed E-state index contributed by atoms with van der Waals surface area (Å²) in [5, 5.41) is 0. The van der Waals surface area contributed by atoms with Crippen LogP contribution in [-0.4, -0.2) is 25.4 Å². The van der Waals surface area contributed by atoms with Crippen molar-refractivity contribution >= 4 is 22.8 Å². The Morgan fingerprint density at radius 1 is 1.29 bits per heavy atom. The van der Waals surface area contributed by atoms with Gasteiger partial charge in [0, 0.05) is 24.7 Å². The highest BCUT2D eigenvalue weighted by Gasteiger charge is 2.18. The molecule has 0 bridgehead atoms. The summed E-state index contributed by atoms with van der Waals surface area (Å²) in [5.41, 5.74) is 3.90. The minimum atomic E-state index is 0.0737. The molecular formula is C16H17ClN4. The highest BCUT2D eigenvalue weighted by molar-refractivity contribution is 6.17. The van der Waals surface area contributed by atoms with Crippen LogP contribution in [0, 0.1) is 6.92 Å². The molecule has 0 spiro atoms. The second kappa shape index (κ2) is 5.82. The summed E-state index contributed by atoms with van der Waals surface area (Å²) in [7, 11) is 0. The predicted octanol–water partition coefficient (Wildman–Crippen LogP) is 3.53. The van der Waals surface area contributed by atoms with E-state index >= 15 is 0 Å². The number of rotatable bonds is 4. The Bertz CT molecular complexity index is 752. The fourth-order valence-corrected chi connectivity index (χ4v) is 2.72. The van der Waals surface area contributed by atoms with Crippen molar-refractivity contribution in [3.8, 4) is 0 Å². The summed E-state index contributed by atoms with van der Waals surface area (Å²) in [6.45, 7) is 4.14. The van der Waals surface area contributed by atoms with Crippen molar-refractivity contribution in [3.63, 3.8) is 0 Å². The van der Waals surface area contributed by atoms with Crippen LogP contribution in [-0.2, 0) is 6.42 Å². The van der Waals surface area contributed by atoms with Crippen LogP contribution in [0.2, 0.25) is 0 Å². The maximum absolute atomic E-state index is 5.93. The molecule has 0 amide bonds. The molecule has 3 aromatic heterocycles. The molecule has 0 saturated carbocycles. The third-order valence-corrected chi connectivity index (χ3v) is 3.75. The lowest BCUT2D eigenvalue weighted by atomic mass is 10.2. The van der Waals surface area contributed by atoms with Crippen molar-refractivity contribution in [1.82, 2.24) is 19.5 Å². The fraction of sp³-hybridized carbons (Fsp3) is 0.312. The number of halogens is 1. The third kappa shape index (κ3) is 2.63. The monoisotopic (exact) mass is 300 g/mol. The highest BCUT2D eigenvalue weighted by atomic mass is 35.5. The van der Waals surface area contributed by atoms with Crippen LogP contribution in [0.5, 0.6) is 0 Å². The molecule has 0 radical (unpaired) electrons. The average molecular weight is 301 g/mol. The van der Waals surface area contributed by atoms with Gasteiger partial charge in [-0.15, -0.1) is 11.6 Å². The van der Waals surface area contributed by atoms with Gasteiger partial charge in [0.15, 0.2) is 5.65 Å². The smallest absolute Gasteiger partial charge is 0.160 e. The zero-order chi connectivity index (χ0) is 14.8. The van der Waals surface area contributed by atoms with Gasteiger partial charge < -0.3 is 4.57 Å². The second-order valence-electron chi connectivity index (χ2n) is 5.12. The standard InChI is InChI=1S/C16H17ClN4/c1-11-9-14-16(19-10-11)21(15(20-14)6-7-17)12(2)13-5-3-4-8-18-13/h3-5,8-10,12H,6-7H2,1-2H3. The van der Waals surface area contributed by atoms with E-state index < -0.39 is 0 Å². The minimum Gasteiger partial charge on any atom is -0.304 e. The van der Waals surface area contributed by atoms with Gasteiger partial charge in [0.05, 0.1) is 11.7 Å². The Balaban J connectivity index is 2.17. The van der Waals surface area contributed by atoms with Crippen molar-refractivity contribution < 1.29 is 0 Å². The van der Waals surface area contributed by atoms with Crippen LogP contribution in [0.4, 0.5) is 0 Å². The lowest BCUT2D eigenvalue weighted by Gasteiger charge is -2.16. The van der Waals surface area contributed by atoms with Crippen LogP contribution in [0.25, 0.3) is 11.2 Å². The molecule has 0 fully saturated rings. The molecule has 0 aromatic carbocycles. The molecule has 0 aliphatic heterocycles. The summed E-state index contributed by atoms with van der Waals surface area (Å²) in [6, 6.07) is 8.07. The van der Waals surface area contributed by atoms with E-state index in [1.807, 2.05) is 37.5 Å². The molecule has 1 unspecified atom stereocenters. The van der Waals surface area contributed by atoms with Crippen molar-refractivity contribution in [2.75, 3.05) is 5.88 Å². The van der Waals surface area contributed by atoms with Gasteiger partial charge in [-0.25, -0.2) is 9.97 Å². The van der Waals surface area contributed by atoms with Gasteiger partial charge in [-0.2, -0.15) is 0 Å². The summed E-state index contributed by atoms with van der Waals surface area (Å²) in [6.07, 6.45) is 4.40. The van der Waals surface area contributed by atoms with Gasteiger partial charge in [-0.3, -0.25) is 4.98 Å². The number of aromatic nitrogens is 4. The SMILES string of the molecule is Cc1cnc2c(c1)nc(CCCl)n2C(C)c1ccccn1. The lowest BCUT2D eigenvalue weighted by Crippen LogP contribution is -2.13. The molecule has 21 heavy (non-hydrogen) atoms. The molecular weight excluding hydrogens is 284 g/mol. The van der Waals surface area contributed by atoms with Crippen molar-refractivity contribution in [2.24, 2.45) is 0 Å². The van der Waals surface area contributed by atoms with Gasteiger partial charge in [0.2, 0.25) is 0 Å². The molecule has 5 heteroatoms. The summed E-state index contributed by atoms with van der Waals surface area (Å²) in [5.74, 6) is 1.49. The number of hydrogen-bond acceptors (Lipinski definition) is 3. The first kappa shape index (κ1) is 14.0. The fourth-order valence-electron chi connectivity index (χ4n) is 2.55. The number of nitrogens with zero attached hydrogens (tertiary/aromatic N) is 4. The van der Waals surface area contributed by atoms with E-state index in [4.69, 9.17) is 16.6 Å². The van der Waals surface area contributed by atoms with Crippen LogP contribution in [0.15, 0.2) is 36.7 Å². The van der Waals surface area contributed by atoms with Gasteiger partial charge in [-0.1, -0.05) is 6.07 Å². The average Bonchev–Trinajstić information content (AvgIpc) is 2.85. The van der Waals surface area contributed by atoms with Gasteiger partial charge >= 0.3 is 0 Å². The van der Waals surface area contributed by atoms with Crippen molar-refractivity contribution in [1.29, 1.82) is 0 Å². The van der Waals surface area contributed by atoms with E-state index in [2.05, 4.69) is 27.5 Å². The Labute approximate surface area is 128 Å². The molecule has 3 aromatic rings. The van der Waals surface area contributed by atoms with E-state index in [0.717, 1.165) is 28.2 Å². The summed E-state index contributed by atoms with van der Waals surface area (Å²) >= 11 is 5.93. The zero-order valence-electron chi connectivity index (χ0n) is 12.1. The van der Waals surface area contributed by atoms with Crippen LogP contribution in [0.3, 0.4) is 0 Å².